The third-order valence-electron chi connectivity index (χ3n) is 6.27. The van der Waals surface area contributed by atoms with Gasteiger partial charge in [0.25, 0.3) is 0 Å². The molecular weight excluding hydrogens is 371 g/mol. The van der Waals surface area contributed by atoms with E-state index in [1.807, 2.05) is 36.9 Å². The summed E-state index contributed by atoms with van der Waals surface area (Å²) in [5.41, 5.74) is 3.82. The van der Waals surface area contributed by atoms with Crippen LogP contribution in [-0.2, 0) is 29.6 Å². The lowest BCUT2D eigenvalue weighted by Gasteiger charge is -2.42. The summed E-state index contributed by atoms with van der Waals surface area (Å²) >= 11 is 0. The molecule has 6 nitrogen and oxygen atoms in total. The largest absolute Gasteiger partial charge is 0.338 e. The van der Waals surface area contributed by atoms with Crippen LogP contribution >= 0.6 is 0 Å². The number of amides is 2. The molecule has 1 aromatic heterocycles. The van der Waals surface area contributed by atoms with Crippen molar-refractivity contribution in [1.29, 1.82) is 0 Å². The molecule has 2 unspecified atom stereocenters. The molecule has 2 aliphatic rings. The highest BCUT2D eigenvalue weighted by atomic mass is 19.1. The first-order valence-corrected chi connectivity index (χ1v) is 10.2. The van der Waals surface area contributed by atoms with Gasteiger partial charge in [-0.25, -0.2) is 4.39 Å². The molecule has 0 N–H and O–H groups in total. The van der Waals surface area contributed by atoms with E-state index >= 15 is 0 Å². The van der Waals surface area contributed by atoms with Gasteiger partial charge in [-0.2, -0.15) is 5.10 Å². The van der Waals surface area contributed by atoms with Gasteiger partial charge in [0.1, 0.15) is 5.82 Å². The number of aryl methyl sites for hydroxylation is 2. The Hall–Kier alpha value is -2.70. The summed E-state index contributed by atoms with van der Waals surface area (Å²) in [6, 6.07) is 2.82. The van der Waals surface area contributed by atoms with Crippen LogP contribution in [0.3, 0.4) is 0 Å². The standard InChI is InChI=1S/C22H27FN4O2/c1-4-27-20(28)6-5-18(21(27)16-11-24-25(3)12-16)22(29)26-8-7-15-10-17(23)9-14(2)19(15)13-26/h9-12,18,21H,4-8,13H2,1-3H3. The molecule has 7 heteroatoms. The second-order valence-electron chi connectivity index (χ2n) is 8.09. The summed E-state index contributed by atoms with van der Waals surface area (Å²) in [7, 11) is 1.84. The molecule has 3 heterocycles. The second-order valence-corrected chi connectivity index (χ2v) is 8.09. The Morgan fingerprint density at radius 1 is 1.31 bits per heavy atom. The van der Waals surface area contributed by atoms with E-state index in [1.54, 1.807) is 16.9 Å². The van der Waals surface area contributed by atoms with E-state index in [-0.39, 0.29) is 29.6 Å². The zero-order chi connectivity index (χ0) is 20.7. The Bertz CT molecular complexity index is 954. The van der Waals surface area contributed by atoms with Crippen molar-refractivity contribution in [3.05, 3.63) is 52.6 Å². The third-order valence-corrected chi connectivity index (χ3v) is 6.27. The summed E-state index contributed by atoms with van der Waals surface area (Å²) in [5.74, 6) is -0.360. The lowest BCUT2D eigenvalue weighted by Crippen LogP contribution is -2.49. The highest BCUT2D eigenvalue weighted by Gasteiger charge is 2.42. The highest BCUT2D eigenvalue weighted by Crippen LogP contribution is 2.38. The molecular formula is C22H27FN4O2. The molecule has 1 aromatic carbocycles. The lowest BCUT2D eigenvalue weighted by molar-refractivity contribution is -0.148. The summed E-state index contributed by atoms with van der Waals surface area (Å²) in [5, 5.41) is 4.26. The number of aromatic nitrogens is 2. The Balaban J connectivity index is 1.63. The fraction of sp³-hybridized carbons (Fsp3) is 0.500. The minimum absolute atomic E-state index is 0.0687. The van der Waals surface area contributed by atoms with Gasteiger partial charge in [-0.3, -0.25) is 14.3 Å². The van der Waals surface area contributed by atoms with E-state index in [4.69, 9.17) is 0 Å². The molecule has 1 fully saturated rings. The Labute approximate surface area is 170 Å². The van der Waals surface area contributed by atoms with Crippen molar-refractivity contribution in [2.75, 3.05) is 13.1 Å². The highest BCUT2D eigenvalue weighted by molar-refractivity contribution is 5.85. The van der Waals surface area contributed by atoms with E-state index < -0.39 is 0 Å². The maximum absolute atomic E-state index is 13.7. The Morgan fingerprint density at radius 3 is 2.79 bits per heavy atom. The first-order chi connectivity index (χ1) is 13.9. The normalized spacial score (nSPS) is 22.0. The number of fused-ring (bicyclic) bond motifs is 1. The van der Waals surface area contributed by atoms with Crippen molar-refractivity contribution in [3.63, 3.8) is 0 Å². The predicted molar refractivity (Wildman–Crippen MR) is 106 cm³/mol. The van der Waals surface area contributed by atoms with Crippen molar-refractivity contribution in [1.82, 2.24) is 19.6 Å². The van der Waals surface area contributed by atoms with E-state index in [1.165, 1.54) is 6.07 Å². The van der Waals surface area contributed by atoms with Gasteiger partial charge in [0.2, 0.25) is 11.8 Å². The summed E-state index contributed by atoms with van der Waals surface area (Å²) in [4.78, 5) is 29.8. The minimum Gasteiger partial charge on any atom is -0.338 e. The van der Waals surface area contributed by atoms with Crippen LogP contribution < -0.4 is 0 Å². The number of hydrogen-bond donors (Lipinski definition) is 0. The van der Waals surface area contributed by atoms with Crippen LogP contribution in [0.4, 0.5) is 4.39 Å². The average Bonchev–Trinajstić information content (AvgIpc) is 3.12. The number of rotatable bonds is 3. The lowest BCUT2D eigenvalue weighted by atomic mass is 9.83. The molecule has 154 valence electrons. The van der Waals surface area contributed by atoms with Crippen molar-refractivity contribution in [2.45, 2.75) is 45.7 Å². The molecule has 0 saturated carbocycles. The van der Waals surface area contributed by atoms with Crippen LogP contribution in [0.1, 0.15) is 48.1 Å². The van der Waals surface area contributed by atoms with Gasteiger partial charge in [0.15, 0.2) is 0 Å². The minimum atomic E-state index is -0.293. The molecule has 2 atom stereocenters. The van der Waals surface area contributed by atoms with Gasteiger partial charge in [0.05, 0.1) is 18.2 Å². The van der Waals surface area contributed by atoms with E-state index in [0.717, 1.165) is 22.3 Å². The predicted octanol–water partition coefficient (Wildman–Crippen LogP) is 2.75. The van der Waals surface area contributed by atoms with Crippen molar-refractivity contribution < 1.29 is 14.0 Å². The van der Waals surface area contributed by atoms with Gasteiger partial charge in [-0.15, -0.1) is 0 Å². The van der Waals surface area contributed by atoms with Gasteiger partial charge in [0, 0.05) is 44.9 Å². The SMILES string of the molecule is CCN1C(=O)CCC(C(=O)N2CCc3cc(F)cc(C)c3C2)C1c1cnn(C)c1. The number of carbonyl (C=O) groups is 2. The summed E-state index contributed by atoms with van der Waals surface area (Å²) < 4.78 is 15.4. The van der Waals surface area contributed by atoms with E-state index in [2.05, 4.69) is 5.10 Å². The molecule has 0 bridgehead atoms. The molecule has 2 amide bonds. The fourth-order valence-electron chi connectivity index (χ4n) is 4.83. The summed E-state index contributed by atoms with van der Waals surface area (Å²) in [6.07, 6.45) is 5.23. The first-order valence-electron chi connectivity index (χ1n) is 10.2. The molecule has 0 aliphatic carbocycles. The molecule has 29 heavy (non-hydrogen) atoms. The number of nitrogens with zero attached hydrogens (tertiary/aromatic N) is 4. The van der Waals surface area contributed by atoms with Crippen molar-refractivity contribution in [2.24, 2.45) is 13.0 Å². The van der Waals surface area contributed by atoms with Gasteiger partial charge >= 0.3 is 0 Å². The van der Waals surface area contributed by atoms with Crippen LogP contribution in [0.25, 0.3) is 0 Å². The quantitative estimate of drug-likeness (QED) is 0.799. The van der Waals surface area contributed by atoms with Crippen LogP contribution in [0.2, 0.25) is 0 Å². The van der Waals surface area contributed by atoms with E-state index in [0.29, 0.717) is 38.9 Å². The molecule has 2 aromatic rings. The van der Waals surface area contributed by atoms with Crippen LogP contribution in [-0.4, -0.2) is 44.5 Å². The van der Waals surface area contributed by atoms with Gasteiger partial charge in [-0.1, -0.05) is 0 Å². The first kappa shape index (κ1) is 19.6. The number of halogens is 1. The second kappa shape index (κ2) is 7.61. The van der Waals surface area contributed by atoms with Crippen molar-refractivity contribution in [3.8, 4) is 0 Å². The van der Waals surface area contributed by atoms with Gasteiger partial charge in [-0.05, 0) is 55.5 Å². The molecule has 2 aliphatic heterocycles. The van der Waals surface area contributed by atoms with E-state index in [9.17, 15) is 14.0 Å². The molecule has 4 rings (SSSR count). The zero-order valence-electron chi connectivity index (χ0n) is 17.2. The monoisotopic (exact) mass is 398 g/mol. The third kappa shape index (κ3) is 3.54. The van der Waals surface area contributed by atoms with Gasteiger partial charge < -0.3 is 9.80 Å². The zero-order valence-corrected chi connectivity index (χ0v) is 17.2. The Morgan fingerprint density at radius 2 is 2.10 bits per heavy atom. The van der Waals surface area contributed by atoms with Crippen molar-refractivity contribution >= 4 is 11.8 Å². The number of hydrogen-bond acceptors (Lipinski definition) is 3. The number of likely N-dealkylation sites (tertiary alicyclic amines) is 1. The maximum Gasteiger partial charge on any atom is 0.228 e. The maximum atomic E-state index is 13.7. The fourth-order valence-corrected chi connectivity index (χ4v) is 4.83. The number of piperidine rings is 1. The topological polar surface area (TPSA) is 58.4 Å². The molecule has 0 radical (unpaired) electrons. The smallest absolute Gasteiger partial charge is 0.228 e. The van der Waals surface area contributed by atoms with Crippen LogP contribution in [0.15, 0.2) is 24.5 Å². The van der Waals surface area contributed by atoms with Crippen LogP contribution in [0, 0.1) is 18.7 Å². The number of carbonyl (C=O) groups excluding carboxylic acids is 2. The Kier molecular flexibility index (Phi) is 5.15. The average molecular weight is 398 g/mol. The molecule has 1 saturated heterocycles. The number of benzene rings is 1. The summed E-state index contributed by atoms with van der Waals surface area (Å²) in [6.45, 7) is 5.47. The molecule has 0 spiro atoms. The van der Waals surface area contributed by atoms with Crippen LogP contribution in [0.5, 0.6) is 0 Å².